The van der Waals surface area contributed by atoms with Gasteiger partial charge in [-0.05, 0) is 30.7 Å². The van der Waals surface area contributed by atoms with Crippen molar-refractivity contribution in [2.75, 3.05) is 7.11 Å². The summed E-state index contributed by atoms with van der Waals surface area (Å²) in [6, 6.07) is 8.25. The Morgan fingerprint density at radius 3 is 2.65 bits per heavy atom. The van der Waals surface area contributed by atoms with Crippen LogP contribution < -0.4 is 14.0 Å². The third-order valence-corrected chi connectivity index (χ3v) is 4.14. The monoisotopic (exact) mass is 356 g/mol. The molecule has 0 aliphatic rings. The number of nitrogens with zero attached hydrogens (tertiary/aromatic N) is 1. The van der Waals surface area contributed by atoms with Crippen molar-refractivity contribution < 1.29 is 23.6 Å². The van der Waals surface area contributed by atoms with E-state index in [1.54, 1.807) is 24.4 Å². The second-order valence-electron chi connectivity index (χ2n) is 6.16. The number of aldehydes is 1. The minimum Gasteiger partial charge on any atom is -0.493 e. The van der Waals surface area contributed by atoms with Crippen LogP contribution in [0.5, 0.6) is 11.5 Å². The highest BCUT2D eigenvalue weighted by atomic mass is 16.6. The lowest BCUT2D eigenvalue weighted by Crippen LogP contribution is -2.34. The molecular weight excluding hydrogens is 330 g/mol. The van der Waals surface area contributed by atoms with Crippen LogP contribution in [0.15, 0.2) is 42.7 Å². The second kappa shape index (κ2) is 10.3. The maximum atomic E-state index is 12.4. The molecule has 0 radical (unpaired) electrons. The molecule has 2 rings (SSSR count). The number of methoxy groups -OCH3 is 1. The van der Waals surface area contributed by atoms with Gasteiger partial charge in [-0.1, -0.05) is 26.2 Å². The number of pyridine rings is 1. The molecule has 0 saturated carbocycles. The SMILES string of the molecule is CCCCCCC[n+]1cccc(C(=O)Oc2ccc(C=O)cc2OC)c1. The zero-order chi connectivity index (χ0) is 18.8. The van der Waals surface area contributed by atoms with E-state index in [1.807, 2.05) is 16.8 Å². The summed E-state index contributed by atoms with van der Waals surface area (Å²) in [5, 5.41) is 0. The van der Waals surface area contributed by atoms with Gasteiger partial charge in [0, 0.05) is 18.1 Å². The molecule has 138 valence electrons. The first-order chi connectivity index (χ1) is 12.7. The quantitative estimate of drug-likeness (QED) is 0.212. The molecule has 2 aromatic rings. The Bertz CT molecular complexity index is 743. The number of ether oxygens (including phenoxy) is 2. The van der Waals surface area contributed by atoms with Crippen LogP contribution in [-0.4, -0.2) is 19.4 Å². The molecule has 0 saturated heterocycles. The van der Waals surface area contributed by atoms with Gasteiger partial charge >= 0.3 is 5.97 Å². The first-order valence-corrected chi connectivity index (χ1v) is 9.02. The normalized spacial score (nSPS) is 10.4. The highest BCUT2D eigenvalue weighted by Gasteiger charge is 2.16. The summed E-state index contributed by atoms with van der Waals surface area (Å²) in [4.78, 5) is 23.3. The van der Waals surface area contributed by atoms with Crippen molar-refractivity contribution in [1.82, 2.24) is 0 Å². The van der Waals surface area contributed by atoms with Gasteiger partial charge in [-0.25, -0.2) is 9.36 Å². The third kappa shape index (κ3) is 5.69. The molecule has 1 aromatic carbocycles. The molecule has 0 aliphatic heterocycles. The van der Waals surface area contributed by atoms with Crippen molar-refractivity contribution in [3.05, 3.63) is 53.9 Å². The average Bonchev–Trinajstić information content (AvgIpc) is 2.68. The van der Waals surface area contributed by atoms with Crippen LogP contribution in [0.3, 0.4) is 0 Å². The minimum absolute atomic E-state index is 0.290. The smallest absolute Gasteiger partial charge is 0.349 e. The van der Waals surface area contributed by atoms with Crippen LogP contribution in [-0.2, 0) is 6.54 Å². The van der Waals surface area contributed by atoms with Gasteiger partial charge in [0.2, 0.25) is 0 Å². The Morgan fingerprint density at radius 1 is 1.12 bits per heavy atom. The predicted molar refractivity (Wildman–Crippen MR) is 98.7 cm³/mol. The van der Waals surface area contributed by atoms with Gasteiger partial charge in [0.1, 0.15) is 18.4 Å². The predicted octanol–water partition coefficient (Wildman–Crippen LogP) is 3.98. The van der Waals surface area contributed by atoms with Crippen LogP contribution in [0.4, 0.5) is 0 Å². The molecule has 5 heteroatoms. The van der Waals surface area contributed by atoms with Gasteiger partial charge in [0.15, 0.2) is 23.9 Å². The number of hydrogen-bond donors (Lipinski definition) is 0. The van der Waals surface area contributed by atoms with E-state index in [1.165, 1.54) is 38.9 Å². The molecule has 0 aliphatic carbocycles. The van der Waals surface area contributed by atoms with E-state index in [0.717, 1.165) is 19.3 Å². The standard InChI is InChI=1S/C21H26NO4/c1-3-4-5-6-7-12-22-13-8-9-18(15-22)21(24)26-19-11-10-17(16-23)14-20(19)25-2/h8-11,13-16H,3-7,12H2,1-2H3/q+1. The van der Waals surface area contributed by atoms with Crippen LogP contribution >= 0.6 is 0 Å². The molecule has 26 heavy (non-hydrogen) atoms. The number of hydrogen-bond acceptors (Lipinski definition) is 4. The molecule has 0 atom stereocenters. The van der Waals surface area contributed by atoms with Crippen LogP contribution in [0.1, 0.15) is 59.7 Å². The van der Waals surface area contributed by atoms with E-state index >= 15 is 0 Å². The summed E-state index contributed by atoms with van der Waals surface area (Å²) in [7, 11) is 1.47. The molecule has 0 bridgehead atoms. The molecule has 0 spiro atoms. The van der Waals surface area contributed by atoms with Crippen molar-refractivity contribution in [3.8, 4) is 11.5 Å². The van der Waals surface area contributed by atoms with Crippen LogP contribution in [0.2, 0.25) is 0 Å². The van der Waals surface area contributed by atoms with E-state index in [4.69, 9.17) is 9.47 Å². The van der Waals surface area contributed by atoms with Gasteiger partial charge in [0.25, 0.3) is 0 Å². The largest absolute Gasteiger partial charge is 0.493 e. The van der Waals surface area contributed by atoms with Gasteiger partial charge in [-0.3, -0.25) is 4.79 Å². The summed E-state index contributed by atoms with van der Waals surface area (Å²) in [6.07, 6.45) is 10.5. The lowest BCUT2D eigenvalue weighted by molar-refractivity contribution is -0.697. The van der Waals surface area contributed by atoms with Crippen molar-refractivity contribution in [1.29, 1.82) is 0 Å². The summed E-state index contributed by atoms with van der Waals surface area (Å²) >= 11 is 0. The minimum atomic E-state index is -0.456. The second-order valence-corrected chi connectivity index (χ2v) is 6.16. The molecule has 1 aromatic heterocycles. The molecule has 0 unspecified atom stereocenters. The van der Waals surface area contributed by atoms with E-state index < -0.39 is 5.97 Å². The lowest BCUT2D eigenvalue weighted by atomic mass is 10.1. The molecule has 5 nitrogen and oxygen atoms in total. The maximum Gasteiger partial charge on any atom is 0.349 e. The fourth-order valence-corrected chi connectivity index (χ4v) is 2.68. The lowest BCUT2D eigenvalue weighted by Gasteiger charge is -2.09. The zero-order valence-corrected chi connectivity index (χ0v) is 15.4. The van der Waals surface area contributed by atoms with Gasteiger partial charge in [-0.2, -0.15) is 0 Å². The Labute approximate surface area is 154 Å². The number of carbonyl (C=O) groups excluding carboxylic acids is 2. The van der Waals surface area contributed by atoms with E-state index in [0.29, 0.717) is 16.9 Å². The molecule has 0 amide bonds. The molecule has 0 fully saturated rings. The summed E-state index contributed by atoms with van der Waals surface area (Å²) < 4.78 is 12.6. The van der Waals surface area contributed by atoms with Gasteiger partial charge < -0.3 is 9.47 Å². The van der Waals surface area contributed by atoms with Gasteiger partial charge in [0.05, 0.1) is 7.11 Å². The molecule has 1 heterocycles. The van der Waals surface area contributed by atoms with Crippen molar-refractivity contribution in [3.63, 3.8) is 0 Å². The van der Waals surface area contributed by atoms with Crippen molar-refractivity contribution in [2.24, 2.45) is 0 Å². The number of benzene rings is 1. The number of aryl methyl sites for hydroxylation is 1. The van der Waals surface area contributed by atoms with E-state index in [-0.39, 0.29) is 5.75 Å². The third-order valence-electron chi connectivity index (χ3n) is 4.14. The van der Waals surface area contributed by atoms with E-state index in [9.17, 15) is 9.59 Å². The fourth-order valence-electron chi connectivity index (χ4n) is 2.68. The Kier molecular flexibility index (Phi) is 7.80. The number of carbonyl (C=O) groups is 2. The summed E-state index contributed by atoms with van der Waals surface area (Å²) in [5.41, 5.74) is 0.935. The van der Waals surface area contributed by atoms with Crippen molar-refractivity contribution in [2.45, 2.75) is 45.6 Å². The Balaban J connectivity index is 2.01. The zero-order valence-electron chi connectivity index (χ0n) is 15.4. The fraction of sp³-hybridized carbons (Fsp3) is 0.381. The average molecular weight is 356 g/mol. The molecule has 0 N–H and O–H groups in total. The van der Waals surface area contributed by atoms with Gasteiger partial charge in [-0.15, -0.1) is 0 Å². The number of unbranched alkanes of at least 4 members (excludes halogenated alkanes) is 4. The highest BCUT2D eigenvalue weighted by molar-refractivity contribution is 5.91. The van der Waals surface area contributed by atoms with Crippen LogP contribution in [0, 0.1) is 0 Å². The van der Waals surface area contributed by atoms with E-state index in [2.05, 4.69) is 6.92 Å². The molecular formula is C21H26NO4+. The summed E-state index contributed by atoms with van der Waals surface area (Å²) in [6.45, 7) is 3.08. The van der Waals surface area contributed by atoms with Crippen LogP contribution in [0.25, 0.3) is 0 Å². The Hall–Kier alpha value is -2.69. The summed E-state index contributed by atoms with van der Waals surface area (Å²) in [5.74, 6) is 0.184. The topological polar surface area (TPSA) is 56.5 Å². The maximum absolute atomic E-state index is 12.4. The number of rotatable bonds is 10. The highest BCUT2D eigenvalue weighted by Crippen LogP contribution is 2.28. The van der Waals surface area contributed by atoms with Crippen molar-refractivity contribution >= 4 is 12.3 Å². The number of esters is 1. The first-order valence-electron chi connectivity index (χ1n) is 9.02. The Morgan fingerprint density at radius 2 is 1.92 bits per heavy atom. The first kappa shape index (κ1) is 19.6. The number of aromatic nitrogens is 1.